The molecule has 0 saturated carbocycles. The summed E-state index contributed by atoms with van der Waals surface area (Å²) in [6, 6.07) is 21.4. The molecule has 3 N–H and O–H groups in total. The first-order valence-electron chi connectivity index (χ1n) is 14.8. The van der Waals surface area contributed by atoms with Crippen molar-refractivity contribution in [3.8, 4) is 0 Å². The molecule has 3 aromatic heterocycles. The topological polar surface area (TPSA) is 127 Å². The molecular formula is C34H40N6O4. The van der Waals surface area contributed by atoms with Gasteiger partial charge in [-0.05, 0) is 70.4 Å². The fraction of sp³-hybridized carbons (Fsp3) is 0.353. The number of nitrogens with zero attached hydrogens (tertiary/aromatic N) is 3. The van der Waals surface area contributed by atoms with Crippen molar-refractivity contribution >= 4 is 22.9 Å². The fourth-order valence-corrected chi connectivity index (χ4v) is 5.10. The van der Waals surface area contributed by atoms with Gasteiger partial charge in [-0.1, -0.05) is 48.5 Å². The monoisotopic (exact) mass is 596 g/mol. The van der Waals surface area contributed by atoms with E-state index in [1.807, 2.05) is 65.4 Å². The van der Waals surface area contributed by atoms with Crippen molar-refractivity contribution in [3.05, 3.63) is 108 Å². The highest BCUT2D eigenvalue weighted by Gasteiger charge is 2.35. The van der Waals surface area contributed by atoms with Crippen LogP contribution in [-0.2, 0) is 35.3 Å². The van der Waals surface area contributed by atoms with Crippen molar-refractivity contribution in [1.29, 1.82) is 0 Å². The van der Waals surface area contributed by atoms with Crippen molar-refractivity contribution in [2.45, 2.75) is 77.6 Å². The highest BCUT2D eigenvalue weighted by Crippen LogP contribution is 2.26. The third-order valence-electron chi connectivity index (χ3n) is 7.33. The average molecular weight is 597 g/mol. The maximum atomic E-state index is 13.8. The third-order valence-corrected chi connectivity index (χ3v) is 7.33. The maximum absolute atomic E-state index is 13.8. The number of amides is 2. The van der Waals surface area contributed by atoms with Crippen LogP contribution in [0.3, 0.4) is 0 Å². The van der Waals surface area contributed by atoms with Gasteiger partial charge in [0.2, 0.25) is 5.91 Å². The van der Waals surface area contributed by atoms with Crippen LogP contribution in [0.1, 0.15) is 69.2 Å². The highest BCUT2D eigenvalue weighted by molar-refractivity contribution is 5.89. The van der Waals surface area contributed by atoms with Crippen LogP contribution in [0.2, 0.25) is 0 Å². The first-order valence-corrected chi connectivity index (χ1v) is 14.8. The van der Waals surface area contributed by atoms with E-state index in [4.69, 9.17) is 9.15 Å². The molecule has 10 heteroatoms. The number of hydrogen-bond donors (Lipinski definition) is 3. The second-order valence-corrected chi connectivity index (χ2v) is 12.5. The molecule has 0 fully saturated rings. The highest BCUT2D eigenvalue weighted by atomic mass is 16.6. The molecule has 0 spiro atoms. The van der Waals surface area contributed by atoms with Crippen molar-refractivity contribution in [2.75, 3.05) is 0 Å². The number of aromatic amines is 1. The molecule has 5 rings (SSSR count). The summed E-state index contributed by atoms with van der Waals surface area (Å²) in [6.07, 6.45) is 4.79. The molecule has 0 aliphatic heterocycles. The number of nitrogens with one attached hydrogen (secondary N) is 3. The van der Waals surface area contributed by atoms with Crippen LogP contribution in [-0.4, -0.2) is 42.9 Å². The Hall–Kier alpha value is -4.86. The number of aromatic nitrogens is 4. The maximum Gasteiger partial charge on any atom is 0.408 e. The van der Waals surface area contributed by atoms with E-state index in [-0.39, 0.29) is 5.91 Å². The van der Waals surface area contributed by atoms with E-state index >= 15 is 0 Å². The van der Waals surface area contributed by atoms with Crippen LogP contribution in [0, 0.1) is 0 Å². The lowest BCUT2D eigenvalue weighted by Gasteiger charge is -2.29. The molecule has 0 radical (unpaired) electrons. The summed E-state index contributed by atoms with van der Waals surface area (Å²) < 4.78 is 13.2. The number of benzene rings is 2. The number of aryl methyl sites for hydroxylation is 2. The summed E-state index contributed by atoms with van der Waals surface area (Å²) in [5, 5.41) is 16.2. The van der Waals surface area contributed by atoms with Crippen LogP contribution in [0.5, 0.6) is 0 Å². The number of carbonyl (C=O) groups is 2. The molecule has 0 aliphatic carbocycles. The molecule has 0 bridgehead atoms. The minimum atomic E-state index is -1.28. The Balaban J connectivity index is 1.48. The lowest BCUT2D eigenvalue weighted by atomic mass is 10.0. The first kappa shape index (κ1) is 30.6. The predicted molar refractivity (Wildman–Crippen MR) is 168 cm³/mol. The van der Waals surface area contributed by atoms with E-state index < -0.39 is 23.3 Å². The van der Waals surface area contributed by atoms with E-state index in [9.17, 15) is 9.59 Å². The summed E-state index contributed by atoms with van der Waals surface area (Å²) in [5.74, 6) is 1.74. The van der Waals surface area contributed by atoms with E-state index in [1.54, 1.807) is 40.9 Å². The number of H-pyrrole nitrogens is 1. The van der Waals surface area contributed by atoms with E-state index in [2.05, 4.69) is 37.9 Å². The van der Waals surface area contributed by atoms with E-state index in [0.717, 1.165) is 34.5 Å². The number of ether oxygens (including phenoxy) is 1. The number of fused-ring (bicyclic) bond motifs is 1. The van der Waals surface area contributed by atoms with Gasteiger partial charge >= 0.3 is 6.09 Å². The first-order chi connectivity index (χ1) is 21.0. The minimum Gasteiger partial charge on any atom is -0.467 e. The molecule has 3 heterocycles. The summed E-state index contributed by atoms with van der Waals surface area (Å²) in [4.78, 5) is 29.8. The Bertz CT molecular complexity index is 1700. The molecule has 0 aliphatic rings. The Morgan fingerprint density at radius 2 is 1.70 bits per heavy atom. The van der Waals surface area contributed by atoms with Gasteiger partial charge in [0.05, 0.1) is 18.8 Å². The van der Waals surface area contributed by atoms with Crippen LogP contribution in [0.25, 0.3) is 10.9 Å². The van der Waals surface area contributed by atoms with Gasteiger partial charge in [-0.25, -0.2) is 4.79 Å². The van der Waals surface area contributed by atoms with E-state index in [1.165, 1.54) is 5.56 Å². The summed E-state index contributed by atoms with van der Waals surface area (Å²) in [6.45, 7) is 9.02. The van der Waals surface area contributed by atoms with Gasteiger partial charge in [-0.3, -0.25) is 4.79 Å². The lowest BCUT2D eigenvalue weighted by Crippen LogP contribution is -2.56. The molecule has 44 heavy (non-hydrogen) atoms. The van der Waals surface area contributed by atoms with Crippen LogP contribution >= 0.6 is 0 Å². The van der Waals surface area contributed by atoms with Gasteiger partial charge in [0, 0.05) is 29.9 Å². The van der Waals surface area contributed by atoms with Gasteiger partial charge in [0.25, 0.3) is 0 Å². The van der Waals surface area contributed by atoms with Gasteiger partial charge in [0.15, 0.2) is 5.82 Å². The SMILES string of the molecule is CC(C)(C)OC(=O)NC(C)(C)C(=O)N[C@H](Cc1c[nH]c2ccccc12)c1nnc(CCc2ccccc2)n1Cc1ccco1. The second kappa shape index (κ2) is 12.8. The number of hydrogen-bond acceptors (Lipinski definition) is 6. The molecule has 0 unspecified atom stereocenters. The fourth-order valence-electron chi connectivity index (χ4n) is 5.10. The zero-order valence-corrected chi connectivity index (χ0v) is 25.9. The standard InChI is InChI=1S/C34H40N6O4/c1-33(2,3)44-32(42)37-34(4,5)31(41)36-28(20-24-21-35-27-16-10-9-15-26(24)27)30-39-38-29(18-17-23-12-7-6-8-13-23)40(30)22-25-14-11-19-43-25/h6-16,19,21,28,35H,17-18,20,22H2,1-5H3,(H,36,41)(H,37,42)/t28-/m1/s1. The number of alkyl carbamates (subject to hydrolysis) is 1. The molecule has 0 saturated heterocycles. The van der Waals surface area contributed by atoms with Gasteiger partial charge in [-0.15, -0.1) is 10.2 Å². The molecule has 230 valence electrons. The summed E-state index contributed by atoms with van der Waals surface area (Å²) >= 11 is 0. The number of rotatable bonds is 11. The minimum absolute atomic E-state index is 0.383. The zero-order valence-electron chi connectivity index (χ0n) is 25.9. The molecule has 1 atom stereocenters. The second-order valence-electron chi connectivity index (χ2n) is 12.5. The molecule has 2 amide bonds. The van der Waals surface area contributed by atoms with Crippen LogP contribution in [0.15, 0.2) is 83.6 Å². The van der Waals surface area contributed by atoms with E-state index in [0.29, 0.717) is 25.2 Å². The number of furan rings is 1. The van der Waals surface area contributed by atoms with Crippen molar-refractivity contribution in [3.63, 3.8) is 0 Å². The van der Waals surface area contributed by atoms with Gasteiger partial charge < -0.3 is 29.3 Å². The van der Waals surface area contributed by atoms with Gasteiger partial charge in [0.1, 0.15) is 22.7 Å². The third kappa shape index (κ3) is 7.55. The predicted octanol–water partition coefficient (Wildman–Crippen LogP) is 5.89. The normalized spacial score (nSPS) is 12.7. The average Bonchev–Trinajstić information content (AvgIpc) is 3.72. The molecule has 10 nitrogen and oxygen atoms in total. The Morgan fingerprint density at radius 1 is 0.955 bits per heavy atom. The van der Waals surface area contributed by atoms with Gasteiger partial charge in [-0.2, -0.15) is 0 Å². The van der Waals surface area contributed by atoms with Crippen LogP contribution < -0.4 is 10.6 Å². The lowest BCUT2D eigenvalue weighted by molar-refractivity contribution is -0.127. The summed E-state index contributed by atoms with van der Waals surface area (Å²) in [5.41, 5.74) is 1.23. The number of carbonyl (C=O) groups excluding carboxylic acids is 2. The van der Waals surface area contributed by atoms with Crippen molar-refractivity contribution in [1.82, 2.24) is 30.4 Å². The van der Waals surface area contributed by atoms with Crippen LogP contribution in [0.4, 0.5) is 4.79 Å². The Labute approximate surface area is 257 Å². The van der Waals surface area contributed by atoms with Crippen molar-refractivity contribution < 1.29 is 18.7 Å². The number of para-hydroxylation sites is 1. The molecule has 2 aromatic carbocycles. The summed E-state index contributed by atoms with van der Waals surface area (Å²) in [7, 11) is 0. The van der Waals surface area contributed by atoms with Crippen molar-refractivity contribution in [2.24, 2.45) is 0 Å². The quantitative estimate of drug-likeness (QED) is 0.175. The smallest absolute Gasteiger partial charge is 0.408 e. The molecule has 5 aromatic rings. The molecular weight excluding hydrogens is 556 g/mol. The largest absolute Gasteiger partial charge is 0.467 e. The Morgan fingerprint density at radius 3 is 2.43 bits per heavy atom. The Kier molecular flexibility index (Phi) is 8.89. The zero-order chi connectivity index (χ0) is 31.3.